The molecule has 0 saturated heterocycles. The van der Waals surface area contributed by atoms with Crippen molar-refractivity contribution in [3.63, 3.8) is 0 Å². The number of carbonyl (C=O) groups is 1. The predicted octanol–water partition coefficient (Wildman–Crippen LogP) is 2.77. The maximum Gasteiger partial charge on any atom is 0.225 e. The van der Waals surface area contributed by atoms with Crippen LogP contribution in [0.15, 0.2) is 47.9 Å². The summed E-state index contributed by atoms with van der Waals surface area (Å²) in [6.07, 6.45) is 1.89. The maximum atomic E-state index is 11.5. The first kappa shape index (κ1) is 14.5. The van der Waals surface area contributed by atoms with Crippen molar-refractivity contribution in [2.75, 3.05) is 5.32 Å². The van der Waals surface area contributed by atoms with Crippen LogP contribution in [0.25, 0.3) is 5.65 Å². The van der Waals surface area contributed by atoms with Gasteiger partial charge in [0.1, 0.15) is 12.1 Å². The van der Waals surface area contributed by atoms with Gasteiger partial charge in [-0.25, -0.2) is 9.97 Å². The van der Waals surface area contributed by atoms with Gasteiger partial charge in [-0.3, -0.25) is 4.79 Å². The summed E-state index contributed by atoms with van der Waals surface area (Å²) < 4.78 is 1.68. The second kappa shape index (κ2) is 6.57. The summed E-state index contributed by atoms with van der Waals surface area (Å²) in [5, 5.41) is 7.65. The Morgan fingerprint density at radius 2 is 2.14 bits per heavy atom. The average Bonchev–Trinajstić information content (AvgIpc) is 3.02. The summed E-state index contributed by atoms with van der Waals surface area (Å²) in [6, 6.07) is 11.8. The van der Waals surface area contributed by atoms with Gasteiger partial charge in [-0.05, 0) is 5.56 Å². The highest BCUT2D eigenvalue weighted by atomic mass is 32.2. The molecule has 3 rings (SSSR count). The van der Waals surface area contributed by atoms with Gasteiger partial charge in [-0.15, -0.1) is 0 Å². The highest BCUT2D eigenvalue weighted by Crippen LogP contribution is 2.23. The summed E-state index contributed by atoms with van der Waals surface area (Å²) in [7, 11) is 0. The van der Waals surface area contributed by atoms with Crippen molar-refractivity contribution in [2.24, 2.45) is 0 Å². The van der Waals surface area contributed by atoms with E-state index in [-0.39, 0.29) is 5.91 Å². The molecule has 0 atom stereocenters. The molecule has 1 aromatic carbocycles. The molecule has 3 aromatic rings. The highest BCUT2D eigenvalue weighted by Gasteiger charge is 2.10. The van der Waals surface area contributed by atoms with Crippen LogP contribution in [0.5, 0.6) is 0 Å². The fraction of sp³-hybridized carbons (Fsp3) is 0.200. The van der Waals surface area contributed by atoms with Crippen molar-refractivity contribution in [1.82, 2.24) is 19.6 Å². The van der Waals surface area contributed by atoms with Gasteiger partial charge < -0.3 is 5.32 Å². The van der Waals surface area contributed by atoms with Gasteiger partial charge in [0.2, 0.25) is 5.91 Å². The van der Waals surface area contributed by atoms with Crippen LogP contribution in [-0.4, -0.2) is 25.5 Å². The van der Waals surface area contributed by atoms with E-state index in [9.17, 15) is 4.79 Å². The van der Waals surface area contributed by atoms with Crippen LogP contribution in [0, 0.1) is 0 Å². The standard InChI is InChI=1S/C15H15N5OS/c1-2-14(21)18-12-8-13-16-10-17-20(13)15(19-12)22-9-11-6-4-3-5-7-11/h3-8,10H,2,9H2,1H3,(H,18,21). The number of nitrogens with zero attached hydrogens (tertiary/aromatic N) is 4. The molecule has 0 fully saturated rings. The lowest BCUT2D eigenvalue weighted by molar-refractivity contribution is -0.115. The molecule has 0 bridgehead atoms. The molecule has 112 valence electrons. The number of aromatic nitrogens is 4. The summed E-state index contributed by atoms with van der Waals surface area (Å²) in [5.74, 6) is 1.20. The molecule has 0 unspecified atom stereocenters. The van der Waals surface area contributed by atoms with E-state index in [1.54, 1.807) is 29.3 Å². The second-order valence-corrected chi connectivity index (χ2v) is 5.57. The number of hydrogen-bond donors (Lipinski definition) is 1. The molecule has 0 aliphatic carbocycles. The van der Waals surface area contributed by atoms with Crippen LogP contribution < -0.4 is 5.32 Å². The molecule has 1 amide bonds. The lowest BCUT2D eigenvalue weighted by Crippen LogP contribution is -2.12. The smallest absolute Gasteiger partial charge is 0.225 e. The first-order valence-electron chi connectivity index (χ1n) is 6.93. The van der Waals surface area contributed by atoms with E-state index in [1.165, 1.54) is 11.9 Å². The van der Waals surface area contributed by atoms with Gasteiger partial charge in [0.25, 0.3) is 0 Å². The highest BCUT2D eigenvalue weighted by molar-refractivity contribution is 7.98. The van der Waals surface area contributed by atoms with Crippen LogP contribution in [0.4, 0.5) is 5.82 Å². The molecule has 0 radical (unpaired) electrons. The summed E-state index contributed by atoms with van der Waals surface area (Å²) in [4.78, 5) is 20.2. The lowest BCUT2D eigenvalue weighted by Gasteiger charge is -2.07. The van der Waals surface area contributed by atoms with Gasteiger partial charge in [-0.1, -0.05) is 49.0 Å². The maximum absolute atomic E-state index is 11.5. The predicted molar refractivity (Wildman–Crippen MR) is 85.7 cm³/mol. The minimum atomic E-state index is -0.0737. The van der Waals surface area contributed by atoms with E-state index in [0.717, 1.165) is 5.75 Å². The largest absolute Gasteiger partial charge is 0.311 e. The van der Waals surface area contributed by atoms with Gasteiger partial charge in [0.05, 0.1) is 0 Å². The number of fused-ring (bicyclic) bond motifs is 1. The molecule has 7 heteroatoms. The normalized spacial score (nSPS) is 10.8. The Bertz CT molecular complexity index is 787. The van der Waals surface area contributed by atoms with E-state index in [2.05, 4.69) is 32.5 Å². The Hall–Kier alpha value is -2.41. The molecular formula is C15H15N5OS. The van der Waals surface area contributed by atoms with E-state index in [4.69, 9.17) is 0 Å². The van der Waals surface area contributed by atoms with E-state index >= 15 is 0 Å². The topological polar surface area (TPSA) is 72.2 Å². The monoisotopic (exact) mass is 313 g/mol. The van der Waals surface area contributed by atoms with E-state index < -0.39 is 0 Å². The fourth-order valence-corrected chi connectivity index (χ4v) is 2.83. The lowest BCUT2D eigenvalue weighted by atomic mass is 10.2. The molecule has 1 N–H and O–H groups in total. The second-order valence-electron chi connectivity index (χ2n) is 4.63. The number of hydrogen-bond acceptors (Lipinski definition) is 5. The van der Waals surface area contributed by atoms with Gasteiger partial charge in [-0.2, -0.15) is 9.61 Å². The number of rotatable bonds is 5. The van der Waals surface area contributed by atoms with E-state index in [1.807, 2.05) is 18.2 Å². The number of amides is 1. The van der Waals surface area contributed by atoms with Gasteiger partial charge in [0, 0.05) is 18.2 Å². The van der Waals surface area contributed by atoms with Crippen LogP contribution >= 0.6 is 11.8 Å². The van der Waals surface area contributed by atoms with Crippen molar-refractivity contribution < 1.29 is 4.79 Å². The molecule has 6 nitrogen and oxygen atoms in total. The average molecular weight is 313 g/mol. The van der Waals surface area contributed by atoms with Crippen molar-refractivity contribution in [1.29, 1.82) is 0 Å². The first-order valence-corrected chi connectivity index (χ1v) is 7.92. The molecule has 0 saturated carbocycles. The van der Waals surface area contributed by atoms with Crippen LogP contribution in [0.1, 0.15) is 18.9 Å². The van der Waals surface area contributed by atoms with Crippen molar-refractivity contribution in [3.05, 3.63) is 48.3 Å². The summed E-state index contributed by atoms with van der Waals surface area (Å²) in [6.45, 7) is 1.80. The Balaban J connectivity index is 1.86. The van der Waals surface area contributed by atoms with E-state index in [0.29, 0.717) is 23.0 Å². The van der Waals surface area contributed by atoms with Crippen LogP contribution in [0.2, 0.25) is 0 Å². The van der Waals surface area contributed by atoms with Gasteiger partial charge in [0.15, 0.2) is 10.8 Å². The van der Waals surface area contributed by atoms with Crippen molar-refractivity contribution >= 4 is 29.1 Å². The van der Waals surface area contributed by atoms with Crippen molar-refractivity contribution in [2.45, 2.75) is 24.3 Å². The number of anilines is 1. The Morgan fingerprint density at radius 3 is 2.91 bits per heavy atom. The number of carbonyl (C=O) groups excluding carboxylic acids is 1. The summed E-state index contributed by atoms with van der Waals surface area (Å²) >= 11 is 1.55. The Morgan fingerprint density at radius 1 is 1.32 bits per heavy atom. The van der Waals surface area contributed by atoms with Crippen LogP contribution in [-0.2, 0) is 10.5 Å². The molecule has 22 heavy (non-hydrogen) atoms. The number of thioether (sulfide) groups is 1. The molecule has 0 aliphatic rings. The minimum absolute atomic E-state index is 0.0737. The zero-order valence-electron chi connectivity index (χ0n) is 12.1. The Labute approximate surface area is 132 Å². The number of nitrogens with one attached hydrogen (secondary N) is 1. The fourth-order valence-electron chi connectivity index (χ4n) is 1.91. The SMILES string of the molecule is CCC(=O)Nc1cc2ncnn2c(SCc2ccccc2)n1. The molecule has 0 aliphatic heterocycles. The molecule has 2 aromatic heterocycles. The van der Waals surface area contributed by atoms with Gasteiger partial charge >= 0.3 is 0 Å². The Kier molecular flexibility index (Phi) is 4.34. The third kappa shape index (κ3) is 3.25. The minimum Gasteiger partial charge on any atom is -0.311 e. The zero-order chi connectivity index (χ0) is 15.4. The molecule has 2 heterocycles. The third-order valence-electron chi connectivity index (χ3n) is 3.04. The third-order valence-corrected chi connectivity index (χ3v) is 4.04. The van der Waals surface area contributed by atoms with Crippen LogP contribution in [0.3, 0.4) is 0 Å². The molecule has 0 spiro atoms. The van der Waals surface area contributed by atoms with Crippen molar-refractivity contribution in [3.8, 4) is 0 Å². The zero-order valence-corrected chi connectivity index (χ0v) is 12.9. The summed E-state index contributed by atoms with van der Waals surface area (Å²) in [5.41, 5.74) is 1.86. The quantitative estimate of drug-likeness (QED) is 0.579. The first-order chi connectivity index (χ1) is 10.8. The molecular weight excluding hydrogens is 298 g/mol. The number of benzene rings is 1.